The standard InChI is InChI=1S/C19H26N2O/c1-2-13-22-19-7-5-16(6-8-19)14-20-18-9-11-21(12-10-18)15-17-3-4-17/h1,5-8,17-18,20H,3-4,9-15H2. The van der Waals surface area contributed by atoms with E-state index < -0.39 is 0 Å². The van der Waals surface area contributed by atoms with Crippen LogP contribution in [0, 0.1) is 18.3 Å². The van der Waals surface area contributed by atoms with Crippen LogP contribution in [0.1, 0.15) is 31.2 Å². The van der Waals surface area contributed by atoms with Gasteiger partial charge in [-0.25, -0.2) is 0 Å². The van der Waals surface area contributed by atoms with Gasteiger partial charge in [-0.2, -0.15) is 0 Å². The molecule has 0 bridgehead atoms. The molecule has 1 aliphatic carbocycles. The number of likely N-dealkylation sites (tertiary alicyclic amines) is 1. The second-order valence-electron chi connectivity index (χ2n) is 6.54. The number of benzene rings is 1. The fourth-order valence-electron chi connectivity index (χ4n) is 3.08. The van der Waals surface area contributed by atoms with Crippen LogP contribution in [-0.2, 0) is 6.54 Å². The largest absolute Gasteiger partial charge is 0.481 e. The average Bonchev–Trinajstić information content (AvgIpc) is 3.37. The number of hydrogen-bond donors (Lipinski definition) is 1. The molecule has 0 aromatic heterocycles. The van der Waals surface area contributed by atoms with Crippen molar-refractivity contribution in [3.63, 3.8) is 0 Å². The lowest BCUT2D eigenvalue weighted by Crippen LogP contribution is -2.42. The highest BCUT2D eigenvalue weighted by molar-refractivity contribution is 5.27. The summed E-state index contributed by atoms with van der Waals surface area (Å²) in [6.45, 7) is 5.12. The molecule has 1 saturated carbocycles. The predicted molar refractivity (Wildman–Crippen MR) is 89.8 cm³/mol. The summed E-state index contributed by atoms with van der Waals surface area (Å²) >= 11 is 0. The summed E-state index contributed by atoms with van der Waals surface area (Å²) in [7, 11) is 0. The number of rotatable bonds is 7. The van der Waals surface area contributed by atoms with Crippen LogP contribution >= 0.6 is 0 Å². The zero-order chi connectivity index (χ0) is 15.2. The molecular formula is C19H26N2O. The Hall–Kier alpha value is -1.50. The number of ether oxygens (including phenoxy) is 1. The van der Waals surface area contributed by atoms with Crippen LogP contribution in [-0.4, -0.2) is 37.2 Å². The summed E-state index contributed by atoms with van der Waals surface area (Å²) in [5, 5.41) is 3.69. The average molecular weight is 298 g/mol. The number of nitrogens with one attached hydrogen (secondary N) is 1. The fourth-order valence-corrected chi connectivity index (χ4v) is 3.08. The van der Waals surface area contributed by atoms with Crippen LogP contribution in [0.4, 0.5) is 0 Å². The first-order valence-corrected chi connectivity index (χ1v) is 8.44. The Morgan fingerprint density at radius 2 is 1.86 bits per heavy atom. The lowest BCUT2D eigenvalue weighted by atomic mass is 10.0. The number of nitrogens with zero attached hydrogens (tertiary/aromatic N) is 1. The molecule has 1 aliphatic heterocycles. The highest BCUT2D eigenvalue weighted by Crippen LogP contribution is 2.30. The van der Waals surface area contributed by atoms with Gasteiger partial charge in [0, 0.05) is 19.1 Å². The van der Waals surface area contributed by atoms with Gasteiger partial charge < -0.3 is 15.0 Å². The van der Waals surface area contributed by atoms with Crippen molar-refractivity contribution in [2.24, 2.45) is 5.92 Å². The molecule has 0 spiro atoms. The van der Waals surface area contributed by atoms with Gasteiger partial charge in [-0.15, -0.1) is 6.42 Å². The second-order valence-corrected chi connectivity index (χ2v) is 6.54. The minimum Gasteiger partial charge on any atom is -0.481 e. The topological polar surface area (TPSA) is 24.5 Å². The van der Waals surface area contributed by atoms with Gasteiger partial charge in [0.05, 0.1) is 0 Å². The van der Waals surface area contributed by atoms with Gasteiger partial charge in [0.25, 0.3) is 0 Å². The van der Waals surface area contributed by atoms with Crippen molar-refractivity contribution in [3.8, 4) is 18.1 Å². The van der Waals surface area contributed by atoms with Gasteiger partial charge >= 0.3 is 0 Å². The molecule has 0 unspecified atom stereocenters. The van der Waals surface area contributed by atoms with Gasteiger partial charge in [-0.05, 0) is 62.4 Å². The van der Waals surface area contributed by atoms with E-state index in [1.807, 2.05) is 12.1 Å². The Morgan fingerprint density at radius 1 is 1.14 bits per heavy atom. The zero-order valence-electron chi connectivity index (χ0n) is 13.3. The third-order valence-electron chi connectivity index (χ3n) is 4.64. The normalized spacial score (nSPS) is 19.8. The van der Waals surface area contributed by atoms with Crippen molar-refractivity contribution < 1.29 is 4.74 Å². The molecule has 3 heteroatoms. The zero-order valence-corrected chi connectivity index (χ0v) is 13.3. The molecule has 2 fully saturated rings. The van der Waals surface area contributed by atoms with E-state index in [4.69, 9.17) is 11.2 Å². The van der Waals surface area contributed by atoms with E-state index in [-0.39, 0.29) is 0 Å². The molecule has 0 atom stereocenters. The quantitative estimate of drug-likeness (QED) is 0.783. The second kappa shape index (κ2) is 7.67. The summed E-state index contributed by atoms with van der Waals surface area (Å²) in [5.41, 5.74) is 1.30. The van der Waals surface area contributed by atoms with E-state index in [1.165, 1.54) is 50.9 Å². The van der Waals surface area contributed by atoms with Crippen molar-refractivity contribution in [2.75, 3.05) is 26.2 Å². The SMILES string of the molecule is C#CCOc1ccc(CNC2CCN(CC3CC3)CC2)cc1. The molecule has 0 amide bonds. The van der Waals surface area contributed by atoms with E-state index in [0.717, 1.165) is 18.2 Å². The molecule has 3 rings (SSSR count). The van der Waals surface area contributed by atoms with E-state index in [9.17, 15) is 0 Å². The van der Waals surface area contributed by atoms with E-state index in [2.05, 4.69) is 28.3 Å². The molecule has 118 valence electrons. The van der Waals surface area contributed by atoms with Crippen LogP contribution in [0.25, 0.3) is 0 Å². The highest BCUT2D eigenvalue weighted by atomic mass is 16.5. The maximum Gasteiger partial charge on any atom is 0.148 e. The number of terminal acetylenes is 1. The van der Waals surface area contributed by atoms with Crippen molar-refractivity contribution in [1.29, 1.82) is 0 Å². The molecule has 22 heavy (non-hydrogen) atoms. The van der Waals surface area contributed by atoms with Crippen molar-refractivity contribution in [1.82, 2.24) is 10.2 Å². The predicted octanol–water partition coefficient (Wildman–Crippen LogP) is 2.66. The summed E-state index contributed by atoms with van der Waals surface area (Å²) in [6.07, 6.45) is 10.7. The van der Waals surface area contributed by atoms with E-state index >= 15 is 0 Å². The van der Waals surface area contributed by atoms with Gasteiger partial charge in [0.15, 0.2) is 0 Å². The molecule has 1 aromatic carbocycles. The van der Waals surface area contributed by atoms with Crippen molar-refractivity contribution in [3.05, 3.63) is 29.8 Å². The highest BCUT2D eigenvalue weighted by Gasteiger charge is 2.26. The molecule has 1 aromatic rings. The molecule has 3 nitrogen and oxygen atoms in total. The molecule has 1 heterocycles. The molecule has 0 radical (unpaired) electrons. The Morgan fingerprint density at radius 3 is 2.50 bits per heavy atom. The van der Waals surface area contributed by atoms with Crippen molar-refractivity contribution >= 4 is 0 Å². The third kappa shape index (κ3) is 4.76. The Bertz CT molecular complexity index is 493. The van der Waals surface area contributed by atoms with Gasteiger partial charge in [-0.1, -0.05) is 18.1 Å². The maximum absolute atomic E-state index is 5.39. The van der Waals surface area contributed by atoms with Crippen LogP contribution < -0.4 is 10.1 Å². The summed E-state index contributed by atoms with van der Waals surface area (Å²) < 4.78 is 5.39. The first-order chi connectivity index (χ1) is 10.8. The molecule has 2 aliphatic rings. The van der Waals surface area contributed by atoms with Crippen LogP contribution in [0.15, 0.2) is 24.3 Å². The van der Waals surface area contributed by atoms with Crippen LogP contribution in [0.3, 0.4) is 0 Å². The number of hydrogen-bond acceptors (Lipinski definition) is 3. The minimum absolute atomic E-state index is 0.330. The lowest BCUT2D eigenvalue weighted by Gasteiger charge is -2.32. The van der Waals surface area contributed by atoms with Crippen molar-refractivity contribution in [2.45, 2.75) is 38.3 Å². The summed E-state index contributed by atoms with van der Waals surface area (Å²) in [6, 6.07) is 8.87. The fraction of sp³-hybridized carbons (Fsp3) is 0.579. The Balaban J connectivity index is 1.36. The summed E-state index contributed by atoms with van der Waals surface area (Å²) in [4.78, 5) is 2.65. The number of piperidine rings is 1. The van der Waals surface area contributed by atoms with Gasteiger partial charge in [0.1, 0.15) is 12.4 Å². The third-order valence-corrected chi connectivity index (χ3v) is 4.64. The minimum atomic E-state index is 0.330. The maximum atomic E-state index is 5.39. The van der Waals surface area contributed by atoms with Gasteiger partial charge in [0.2, 0.25) is 0 Å². The van der Waals surface area contributed by atoms with Crippen LogP contribution in [0.2, 0.25) is 0 Å². The monoisotopic (exact) mass is 298 g/mol. The summed E-state index contributed by atoms with van der Waals surface area (Å²) in [5.74, 6) is 4.34. The lowest BCUT2D eigenvalue weighted by molar-refractivity contribution is 0.190. The van der Waals surface area contributed by atoms with E-state index in [1.54, 1.807) is 0 Å². The molecular weight excluding hydrogens is 272 g/mol. The van der Waals surface area contributed by atoms with Crippen LogP contribution in [0.5, 0.6) is 5.75 Å². The molecule has 1 saturated heterocycles. The van der Waals surface area contributed by atoms with E-state index in [0.29, 0.717) is 12.6 Å². The Kier molecular flexibility index (Phi) is 5.37. The molecule has 1 N–H and O–H groups in total. The smallest absolute Gasteiger partial charge is 0.148 e. The first kappa shape index (κ1) is 15.4. The first-order valence-electron chi connectivity index (χ1n) is 8.44. The van der Waals surface area contributed by atoms with Gasteiger partial charge in [-0.3, -0.25) is 0 Å². The Labute approximate surface area is 134 Å².